The molecule has 0 spiro atoms. The molecular formula is C21H25NO11. The fourth-order valence-electron chi connectivity index (χ4n) is 3.06. The molecule has 1 saturated heterocycles. The van der Waals surface area contributed by atoms with Crippen LogP contribution >= 0.6 is 0 Å². The molecule has 0 aromatic heterocycles. The van der Waals surface area contributed by atoms with Crippen LogP contribution in [0.2, 0.25) is 0 Å². The van der Waals surface area contributed by atoms with E-state index in [4.69, 9.17) is 28.4 Å². The van der Waals surface area contributed by atoms with Gasteiger partial charge in [-0.1, -0.05) is 18.2 Å². The highest BCUT2D eigenvalue weighted by atomic mass is 16.8. The summed E-state index contributed by atoms with van der Waals surface area (Å²) in [4.78, 5) is 58.9. The molecule has 0 unspecified atom stereocenters. The maximum Gasteiger partial charge on any atom is 0.414 e. The van der Waals surface area contributed by atoms with Crippen LogP contribution in [0.5, 0.6) is 0 Å². The van der Waals surface area contributed by atoms with Crippen LogP contribution in [0.1, 0.15) is 27.7 Å². The van der Waals surface area contributed by atoms with Crippen molar-refractivity contribution in [2.75, 3.05) is 11.9 Å². The van der Waals surface area contributed by atoms with Gasteiger partial charge in [-0.25, -0.2) is 4.79 Å². The zero-order valence-corrected chi connectivity index (χ0v) is 18.5. The van der Waals surface area contributed by atoms with Gasteiger partial charge >= 0.3 is 30.0 Å². The first-order valence-corrected chi connectivity index (χ1v) is 9.90. The number of ether oxygens (including phenoxy) is 6. The predicted octanol–water partition coefficient (Wildman–Crippen LogP) is 1.32. The van der Waals surface area contributed by atoms with Crippen LogP contribution in [0.25, 0.3) is 0 Å². The van der Waals surface area contributed by atoms with Crippen molar-refractivity contribution in [2.45, 2.75) is 58.4 Å². The maximum atomic E-state index is 12.4. The van der Waals surface area contributed by atoms with E-state index in [-0.39, 0.29) is 0 Å². The Balaban J connectivity index is 2.35. The number of carbonyl (C=O) groups is 5. The molecule has 1 fully saturated rings. The van der Waals surface area contributed by atoms with E-state index < -0.39 is 67.3 Å². The average molecular weight is 467 g/mol. The minimum Gasteiger partial charge on any atom is -0.463 e. The Labute approximate surface area is 189 Å². The van der Waals surface area contributed by atoms with E-state index in [1.54, 1.807) is 30.3 Å². The lowest BCUT2D eigenvalue weighted by Crippen LogP contribution is -2.63. The van der Waals surface area contributed by atoms with Crippen LogP contribution in [0.3, 0.4) is 0 Å². The smallest absolute Gasteiger partial charge is 0.414 e. The van der Waals surface area contributed by atoms with Gasteiger partial charge < -0.3 is 28.4 Å². The van der Waals surface area contributed by atoms with Crippen LogP contribution in [-0.4, -0.2) is 67.3 Å². The zero-order valence-electron chi connectivity index (χ0n) is 18.5. The summed E-state index contributed by atoms with van der Waals surface area (Å²) < 4.78 is 31.6. The van der Waals surface area contributed by atoms with Crippen molar-refractivity contribution in [1.29, 1.82) is 0 Å². The molecule has 1 amide bonds. The van der Waals surface area contributed by atoms with Gasteiger partial charge in [-0.05, 0) is 12.1 Å². The fraction of sp³-hybridized carbons (Fsp3) is 0.476. The van der Waals surface area contributed by atoms with Crippen LogP contribution in [0, 0.1) is 0 Å². The van der Waals surface area contributed by atoms with Crippen LogP contribution in [0.4, 0.5) is 10.5 Å². The van der Waals surface area contributed by atoms with Gasteiger partial charge in [0.05, 0.1) is 0 Å². The van der Waals surface area contributed by atoms with Crippen molar-refractivity contribution in [3.8, 4) is 0 Å². The van der Waals surface area contributed by atoms with Gasteiger partial charge in [0.2, 0.25) is 12.4 Å². The molecule has 0 bridgehead atoms. The maximum absolute atomic E-state index is 12.4. The molecule has 1 aromatic carbocycles. The standard InChI is InChI=1S/C21H25NO11/c1-11(23)28-10-16-17(29-12(2)24)18(30-13(3)25)19(31-14(4)26)20(32-16)33-21(27)22-15-8-6-5-7-9-15/h5-9,16-20H,10H2,1-4H3,(H,22,27)/t16-,17-,18+,19-,20+/m1/s1. The second-order valence-corrected chi connectivity index (χ2v) is 6.96. The first-order valence-electron chi connectivity index (χ1n) is 9.90. The van der Waals surface area contributed by atoms with E-state index in [1.807, 2.05) is 0 Å². The summed E-state index contributed by atoms with van der Waals surface area (Å²) in [6.07, 6.45) is -8.06. The van der Waals surface area contributed by atoms with Crippen molar-refractivity contribution in [1.82, 2.24) is 0 Å². The second kappa shape index (κ2) is 11.8. The van der Waals surface area contributed by atoms with Gasteiger partial charge in [-0.15, -0.1) is 0 Å². The molecule has 5 atom stereocenters. The van der Waals surface area contributed by atoms with E-state index in [0.29, 0.717) is 5.69 Å². The Kier molecular flexibility index (Phi) is 9.16. The molecular weight excluding hydrogens is 442 g/mol. The van der Waals surface area contributed by atoms with Gasteiger partial charge in [0.15, 0.2) is 12.2 Å². The lowest BCUT2D eigenvalue weighted by molar-refractivity contribution is -0.293. The Morgan fingerprint density at radius 3 is 1.85 bits per heavy atom. The third kappa shape index (κ3) is 8.07. The van der Waals surface area contributed by atoms with E-state index in [0.717, 1.165) is 27.7 Å². The predicted molar refractivity (Wildman–Crippen MR) is 109 cm³/mol. The second-order valence-electron chi connectivity index (χ2n) is 6.96. The molecule has 1 aliphatic heterocycles. The summed E-state index contributed by atoms with van der Waals surface area (Å²) in [7, 11) is 0. The number of carbonyl (C=O) groups excluding carboxylic acids is 5. The van der Waals surface area contributed by atoms with Crippen molar-refractivity contribution < 1.29 is 52.4 Å². The number of esters is 4. The van der Waals surface area contributed by atoms with Crippen molar-refractivity contribution in [3.63, 3.8) is 0 Å². The molecule has 2 rings (SSSR count). The van der Waals surface area contributed by atoms with Crippen molar-refractivity contribution in [3.05, 3.63) is 30.3 Å². The molecule has 0 aliphatic carbocycles. The number of benzene rings is 1. The van der Waals surface area contributed by atoms with Crippen molar-refractivity contribution >= 4 is 35.7 Å². The molecule has 180 valence electrons. The summed E-state index contributed by atoms with van der Waals surface area (Å²) in [5.41, 5.74) is 0.410. The summed E-state index contributed by atoms with van der Waals surface area (Å²) in [6.45, 7) is 3.99. The van der Waals surface area contributed by atoms with E-state index >= 15 is 0 Å². The molecule has 1 aliphatic rings. The van der Waals surface area contributed by atoms with Gasteiger partial charge in [0.25, 0.3) is 0 Å². The highest BCUT2D eigenvalue weighted by Gasteiger charge is 2.53. The number of rotatable bonds is 7. The average Bonchev–Trinajstić information content (AvgIpc) is 2.70. The first-order chi connectivity index (χ1) is 15.6. The number of para-hydroxylation sites is 1. The molecule has 1 aromatic rings. The Hall–Kier alpha value is -3.67. The first kappa shape index (κ1) is 25.6. The molecule has 12 heteroatoms. The summed E-state index contributed by atoms with van der Waals surface area (Å²) >= 11 is 0. The van der Waals surface area contributed by atoms with Crippen LogP contribution < -0.4 is 5.32 Å². The normalized spacial score (nSPS) is 24.1. The van der Waals surface area contributed by atoms with Gasteiger partial charge in [-0.2, -0.15) is 0 Å². The SMILES string of the molecule is CC(=O)OC[C@H]1O[C@@H](OC(=O)Nc2ccccc2)[C@H](OC(C)=O)[C@@H](OC(C)=O)[C@@H]1OC(C)=O. The van der Waals surface area contributed by atoms with Gasteiger partial charge in [-0.3, -0.25) is 24.5 Å². The van der Waals surface area contributed by atoms with Crippen LogP contribution in [0.15, 0.2) is 30.3 Å². The quantitative estimate of drug-likeness (QED) is 0.456. The lowest BCUT2D eigenvalue weighted by Gasteiger charge is -2.43. The molecule has 0 saturated carbocycles. The number of hydrogen-bond donors (Lipinski definition) is 1. The minimum absolute atomic E-state index is 0.410. The van der Waals surface area contributed by atoms with E-state index in [1.165, 1.54) is 0 Å². The third-order valence-corrected chi connectivity index (χ3v) is 4.19. The van der Waals surface area contributed by atoms with Crippen LogP contribution in [-0.2, 0) is 47.6 Å². The molecule has 0 radical (unpaired) electrons. The van der Waals surface area contributed by atoms with Gasteiger partial charge in [0, 0.05) is 33.4 Å². The third-order valence-electron chi connectivity index (χ3n) is 4.19. The minimum atomic E-state index is -1.60. The largest absolute Gasteiger partial charge is 0.463 e. The molecule has 33 heavy (non-hydrogen) atoms. The lowest BCUT2D eigenvalue weighted by atomic mass is 9.98. The topological polar surface area (TPSA) is 153 Å². The number of hydrogen-bond acceptors (Lipinski definition) is 11. The number of nitrogens with one attached hydrogen (secondary N) is 1. The monoisotopic (exact) mass is 467 g/mol. The van der Waals surface area contributed by atoms with E-state index in [2.05, 4.69) is 5.32 Å². The Morgan fingerprint density at radius 1 is 0.758 bits per heavy atom. The summed E-state index contributed by atoms with van der Waals surface area (Å²) in [5.74, 6) is -3.03. The van der Waals surface area contributed by atoms with Gasteiger partial charge in [0.1, 0.15) is 12.7 Å². The van der Waals surface area contributed by atoms with E-state index in [9.17, 15) is 24.0 Å². The number of amides is 1. The Morgan fingerprint density at radius 2 is 1.30 bits per heavy atom. The zero-order chi connectivity index (χ0) is 24.5. The fourth-order valence-corrected chi connectivity index (χ4v) is 3.06. The highest BCUT2D eigenvalue weighted by molar-refractivity contribution is 5.84. The summed E-state index contributed by atoms with van der Waals surface area (Å²) in [5, 5.41) is 2.47. The molecule has 12 nitrogen and oxygen atoms in total. The Bertz CT molecular complexity index is 872. The highest BCUT2D eigenvalue weighted by Crippen LogP contribution is 2.30. The number of anilines is 1. The summed E-state index contributed by atoms with van der Waals surface area (Å²) in [6, 6.07) is 8.33. The van der Waals surface area contributed by atoms with Crippen molar-refractivity contribution in [2.24, 2.45) is 0 Å². The molecule has 1 heterocycles. The molecule has 1 N–H and O–H groups in total.